The fourth-order valence-corrected chi connectivity index (χ4v) is 1.97. The predicted molar refractivity (Wildman–Crippen MR) is 85.1 cm³/mol. The average Bonchev–Trinajstić information content (AvgIpc) is 2.34. The monoisotopic (exact) mass is 286 g/mol. The van der Waals surface area contributed by atoms with Gasteiger partial charge in [0.1, 0.15) is 5.60 Å². The lowest BCUT2D eigenvalue weighted by atomic mass is 10.1. The molecule has 0 aromatic rings. The van der Waals surface area contributed by atoms with Gasteiger partial charge in [-0.15, -0.1) is 0 Å². The van der Waals surface area contributed by atoms with Crippen LogP contribution in [0.15, 0.2) is 0 Å². The molecular weight excluding hydrogens is 252 g/mol. The molecule has 20 heavy (non-hydrogen) atoms. The third kappa shape index (κ3) is 12.3. The topological polar surface area (TPSA) is 50.4 Å². The smallest absolute Gasteiger partial charge is 0.407 e. The first-order valence-corrected chi connectivity index (χ1v) is 8.09. The van der Waals surface area contributed by atoms with Crippen molar-refractivity contribution in [3.63, 3.8) is 0 Å². The Morgan fingerprint density at radius 1 is 1.10 bits per heavy atom. The summed E-state index contributed by atoms with van der Waals surface area (Å²) in [5.41, 5.74) is -0.423. The minimum Gasteiger partial charge on any atom is -0.444 e. The average molecular weight is 286 g/mol. The van der Waals surface area contributed by atoms with Crippen molar-refractivity contribution in [2.45, 2.75) is 84.8 Å². The molecule has 0 aliphatic carbocycles. The minimum atomic E-state index is -0.423. The number of nitrogens with one attached hydrogen (secondary N) is 2. The van der Waals surface area contributed by atoms with Crippen molar-refractivity contribution < 1.29 is 9.53 Å². The molecule has 1 atom stereocenters. The molecule has 0 aromatic heterocycles. The van der Waals surface area contributed by atoms with E-state index in [0.29, 0.717) is 0 Å². The molecule has 0 aromatic carbocycles. The number of carbonyl (C=O) groups excluding carboxylic acids is 1. The Morgan fingerprint density at radius 3 is 2.35 bits per heavy atom. The molecule has 0 rings (SSSR count). The van der Waals surface area contributed by atoms with Crippen LogP contribution < -0.4 is 10.6 Å². The Bertz CT molecular complexity index is 249. The molecule has 0 fully saturated rings. The molecule has 1 unspecified atom stereocenters. The normalized spacial score (nSPS) is 13.1. The Hall–Kier alpha value is -0.770. The number of hydrogen-bond acceptors (Lipinski definition) is 3. The molecule has 0 heterocycles. The van der Waals surface area contributed by atoms with Crippen molar-refractivity contribution in [1.82, 2.24) is 10.6 Å². The van der Waals surface area contributed by atoms with Crippen LogP contribution in [0, 0.1) is 0 Å². The Kier molecular flexibility index (Phi) is 10.5. The van der Waals surface area contributed by atoms with Crippen LogP contribution in [0.25, 0.3) is 0 Å². The molecule has 120 valence electrons. The summed E-state index contributed by atoms with van der Waals surface area (Å²) in [5, 5.41) is 6.36. The number of amides is 1. The standard InChI is InChI=1S/C16H34N2O2/c1-6-12-17-13-10-8-9-11-14(7-2)18-15(19)20-16(3,4)5/h14,17H,6-13H2,1-5H3,(H,18,19). The Balaban J connectivity index is 3.69. The summed E-state index contributed by atoms with van der Waals surface area (Å²) in [6.45, 7) is 12.2. The zero-order chi connectivity index (χ0) is 15.4. The van der Waals surface area contributed by atoms with Gasteiger partial charge in [0.15, 0.2) is 0 Å². The van der Waals surface area contributed by atoms with Gasteiger partial charge in [-0.25, -0.2) is 4.79 Å². The molecule has 0 saturated heterocycles. The summed E-state index contributed by atoms with van der Waals surface area (Å²) < 4.78 is 5.28. The maximum Gasteiger partial charge on any atom is 0.407 e. The van der Waals surface area contributed by atoms with Crippen LogP contribution >= 0.6 is 0 Å². The number of alkyl carbamates (subject to hydrolysis) is 1. The summed E-state index contributed by atoms with van der Waals surface area (Å²) in [6, 6.07) is 0.230. The van der Waals surface area contributed by atoms with Gasteiger partial charge in [-0.1, -0.05) is 26.7 Å². The highest BCUT2D eigenvalue weighted by Gasteiger charge is 2.18. The molecule has 0 aliphatic rings. The highest BCUT2D eigenvalue weighted by Crippen LogP contribution is 2.10. The first kappa shape index (κ1) is 19.2. The third-order valence-corrected chi connectivity index (χ3v) is 3.05. The Labute approximate surface area is 125 Å². The van der Waals surface area contributed by atoms with E-state index in [-0.39, 0.29) is 12.1 Å². The summed E-state index contributed by atoms with van der Waals surface area (Å²) in [5.74, 6) is 0. The van der Waals surface area contributed by atoms with E-state index in [1.807, 2.05) is 20.8 Å². The van der Waals surface area contributed by atoms with Crippen LogP contribution in [0.4, 0.5) is 4.79 Å². The number of carbonyl (C=O) groups is 1. The van der Waals surface area contributed by atoms with E-state index < -0.39 is 5.60 Å². The summed E-state index contributed by atoms with van der Waals surface area (Å²) >= 11 is 0. The largest absolute Gasteiger partial charge is 0.444 e. The first-order chi connectivity index (χ1) is 9.39. The van der Waals surface area contributed by atoms with Crippen molar-refractivity contribution in [1.29, 1.82) is 0 Å². The fourth-order valence-electron chi connectivity index (χ4n) is 1.97. The van der Waals surface area contributed by atoms with E-state index in [0.717, 1.165) is 32.4 Å². The molecule has 4 heteroatoms. The molecule has 1 amide bonds. The molecule has 0 saturated carbocycles. The predicted octanol–water partition coefficient (Wildman–Crippen LogP) is 3.85. The number of ether oxygens (including phenoxy) is 1. The van der Waals surface area contributed by atoms with Crippen molar-refractivity contribution >= 4 is 6.09 Å². The van der Waals surface area contributed by atoms with Gasteiger partial charge in [0.05, 0.1) is 0 Å². The van der Waals surface area contributed by atoms with Gasteiger partial charge in [0, 0.05) is 6.04 Å². The Morgan fingerprint density at radius 2 is 1.80 bits per heavy atom. The van der Waals surface area contributed by atoms with Gasteiger partial charge in [0.2, 0.25) is 0 Å². The number of unbranched alkanes of at least 4 members (excludes halogenated alkanes) is 2. The zero-order valence-corrected chi connectivity index (χ0v) is 14.1. The van der Waals surface area contributed by atoms with Crippen LogP contribution in [-0.4, -0.2) is 30.8 Å². The molecule has 0 spiro atoms. The molecule has 2 N–H and O–H groups in total. The lowest BCUT2D eigenvalue weighted by Crippen LogP contribution is -2.38. The fraction of sp³-hybridized carbons (Fsp3) is 0.938. The van der Waals surface area contributed by atoms with Crippen molar-refractivity contribution in [3.8, 4) is 0 Å². The van der Waals surface area contributed by atoms with E-state index in [2.05, 4.69) is 24.5 Å². The van der Waals surface area contributed by atoms with E-state index >= 15 is 0 Å². The van der Waals surface area contributed by atoms with Crippen LogP contribution in [0.5, 0.6) is 0 Å². The van der Waals surface area contributed by atoms with Crippen LogP contribution in [0.2, 0.25) is 0 Å². The number of rotatable bonds is 10. The van der Waals surface area contributed by atoms with E-state index in [4.69, 9.17) is 4.74 Å². The molecule has 0 bridgehead atoms. The third-order valence-electron chi connectivity index (χ3n) is 3.05. The quantitative estimate of drug-likeness (QED) is 0.600. The second kappa shape index (κ2) is 11.0. The van der Waals surface area contributed by atoms with Gasteiger partial charge in [-0.3, -0.25) is 0 Å². The van der Waals surface area contributed by atoms with Crippen molar-refractivity contribution in [3.05, 3.63) is 0 Å². The summed E-state index contributed by atoms with van der Waals surface area (Å²) in [6.07, 6.45) is 6.46. The van der Waals surface area contributed by atoms with E-state index in [9.17, 15) is 4.79 Å². The van der Waals surface area contributed by atoms with Gasteiger partial charge < -0.3 is 15.4 Å². The summed E-state index contributed by atoms with van der Waals surface area (Å²) in [4.78, 5) is 11.7. The van der Waals surface area contributed by atoms with E-state index in [1.165, 1.54) is 19.3 Å². The van der Waals surface area contributed by atoms with E-state index in [1.54, 1.807) is 0 Å². The SMILES string of the molecule is CCCNCCCCCC(CC)NC(=O)OC(C)(C)C. The van der Waals surface area contributed by atoms with Gasteiger partial charge >= 0.3 is 6.09 Å². The number of hydrogen-bond donors (Lipinski definition) is 2. The lowest BCUT2D eigenvalue weighted by Gasteiger charge is -2.23. The van der Waals surface area contributed by atoms with Gasteiger partial charge in [-0.05, 0) is 59.5 Å². The van der Waals surface area contributed by atoms with Crippen molar-refractivity contribution in [2.24, 2.45) is 0 Å². The highest BCUT2D eigenvalue weighted by atomic mass is 16.6. The van der Waals surface area contributed by atoms with Crippen molar-refractivity contribution in [2.75, 3.05) is 13.1 Å². The summed E-state index contributed by atoms with van der Waals surface area (Å²) in [7, 11) is 0. The second-order valence-electron chi connectivity index (χ2n) is 6.35. The lowest BCUT2D eigenvalue weighted by molar-refractivity contribution is 0.0499. The molecule has 0 aliphatic heterocycles. The minimum absolute atomic E-state index is 0.230. The maximum atomic E-state index is 11.7. The first-order valence-electron chi connectivity index (χ1n) is 8.09. The second-order valence-corrected chi connectivity index (χ2v) is 6.35. The molecule has 0 radical (unpaired) electrons. The zero-order valence-electron chi connectivity index (χ0n) is 14.1. The van der Waals surface area contributed by atoms with Crippen LogP contribution in [0.3, 0.4) is 0 Å². The van der Waals surface area contributed by atoms with Crippen LogP contribution in [-0.2, 0) is 4.74 Å². The molecular formula is C16H34N2O2. The highest BCUT2D eigenvalue weighted by molar-refractivity contribution is 5.68. The molecule has 4 nitrogen and oxygen atoms in total. The van der Waals surface area contributed by atoms with Crippen LogP contribution in [0.1, 0.15) is 73.1 Å². The van der Waals surface area contributed by atoms with Gasteiger partial charge in [0.25, 0.3) is 0 Å². The maximum absolute atomic E-state index is 11.7. The van der Waals surface area contributed by atoms with Gasteiger partial charge in [-0.2, -0.15) is 0 Å².